The molecule has 0 aliphatic carbocycles. The molecule has 0 unspecified atom stereocenters. The van der Waals surface area contributed by atoms with Crippen molar-refractivity contribution in [3.05, 3.63) is 83.7 Å². The highest BCUT2D eigenvalue weighted by Crippen LogP contribution is 2.23. The van der Waals surface area contributed by atoms with E-state index in [1.54, 1.807) is 25.1 Å². The lowest BCUT2D eigenvalue weighted by Gasteiger charge is -2.12. The van der Waals surface area contributed by atoms with E-state index >= 15 is 0 Å². The Balaban J connectivity index is 1.84. The van der Waals surface area contributed by atoms with Crippen LogP contribution < -0.4 is 15.4 Å². The average molecular weight is 441 g/mol. The van der Waals surface area contributed by atoms with Gasteiger partial charge in [0.1, 0.15) is 5.82 Å². The summed E-state index contributed by atoms with van der Waals surface area (Å²) in [5.41, 5.74) is 1.64. The Morgan fingerprint density at radius 1 is 0.871 bits per heavy atom. The van der Waals surface area contributed by atoms with Crippen molar-refractivity contribution in [2.24, 2.45) is 0 Å². The molecule has 2 amide bonds. The Hall–Kier alpha value is -3.72. The Kier molecular flexibility index (Phi) is 6.36. The van der Waals surface area contributed by atoms with E-state index in [4.69, 9.17) is 0 Å². The fourth-order valence-corrected chi connectivity index (χ4v) is 3.90. The maximum atomic E-state index is 13.8. The molecule has 0 aromatic heterocycles. The first kappa shape index (κ1) is 22.0. The summed E-state index contributed by atoms with van der Waals surface area (Å²) in [6.45, 7) is 3.16. The molecule has 0 heterocycles. The molecule has 0 fully saturated rings. The first-order valence-corrected chi connectivity index (χ1v) is 10.7. The van der Waals surface area contributed by atoms with Gasteiger partial charge in [0, 0.05) is 23.9 Å². The zero-order chi connectivity index (χ0) is 22.6. The molecular formula is C22H20FN3O4S. The first-order chi connectivity index (χ1) is 14.7. The molecule has 160 valence electrons. The number of halogens is 1. The Bertz CT molecular complexity index is 1260. The van der Waals surface area contributed by atoms with Gasteiger partial charge in [-0.15, -0.1) is 0 Å². The number of aryl methyl sites for hydroxylation is 1. The van der Waals surface area contributed by atoms with Crippen LogP contribution in [0.5, 0.6) is 0 Å². The molecule has 0 radical (unpaired) electrons. The van der Waals surface area contributed by atoms with E-state index in [1.165, 1.54) is 49.4 Å². The van der Waals surface area contributed by atoms with Crippen LogP contribution in [0.4, 0.5) is 21.5 Å². The van der Waals surface area contributed by atoms with Crippen molar-refractivity contribution >= 4 is 38.9 Å². The van der Waals surface area contributed by atoms with Crippen molar-refractivity contribution in [3.8, 4) is 0 Å². The summed E-state index contributed by atoms with van der Waals surface area (Å²) in [6.07, 6.45) is 0. The molecule has 9 heteroatoms. The van der Waals surface area contributed by atoms with E-state index in [2.05, 4.69) is 15.4 Å². The standard InChI is InChI=1S/C22H20FN3O4S/c1-14-10-11-17(24-15(2)27)13-21(14)25-22(28)16-6-5-7-18(12-16)31(29,30)26-20-9-4-3-8-19(20)23/h3-13,26H,1-2H3,(H,24,27)(H,25,28). The molecule has 0 bridgehead atoms. The molecule has 3 rings (SSSR count). The van der Waals surface area contributed by atoms with Gasteiger partial charge in [-0.1, -0.05) is 24.3 Å². The molecule has 3 aromatic carbocycles. The Morgan fingerprint density at radius 2 is 1.61 bits per heavy atom. The number of amides is 2. The number of benzene rings is 3. The fraction of sp³-hybridized carbons (Fsp3) is 0.0909. The summed E-state index contributed by atoms with van der Waals surface area (Å²) in [4.78, 5) is 23.8. The number of hydrogen-bond donors (Lipinski definition) is 3. The van der Waals surface area contributed by atoms with E-state index < -0.39 is 21.7 Å². The van der Waals surface area contributed by atoms with E-state index in [-0.39, 0.29) is 22.1 Å². The summed E-state index contributed by atoms with van der Waals surface area (Å²) in [5, 5.41) is 5.35. The minimum Gasteiger partial charge on any atom is -0.326 e. The first-order valence-electron chi connectivity index (χ1n) is 9.23. The van der Waals surface area contributed by atoms with Crippen LogP contribution in [0, 0.1) is 12.7 Å². The van der Waals surface area contributed by atoms with Gasteiger partial charge in [-0.25, -0.2) is 12.8 Å². The molecule has 0 aliphatic heterocycles. The van der Waals surface area contributed by atoms with Crippen LogP contribution >= 0.6 is 0 Å². The van der Waals surface area contributed by atoms with Crippen LogP contribution in [0.1, 0.15) is 22.8 Å². The highest BCUT2D eigenvalue weighted by atomic mass is 32.2. The second-order valence-electron chi connectivity index (χ2n) is 6.78. The van der Waals surface area contributed by atoms with Gasteiger partial charge in [0.05, 0.1) is 10.6 Å². The lowest BCUT2D eigenvalue weighted by atomic mass is 10.1. The predicted octanol–water partition coefficient (Wildman–Crippen LogP) is 4.15. The zero-order valence-corrected chi connectivity index (χ0v) is 17.6. The van der Waals surface area contributed by atoms with Gasteiger partial charge in [0.25, 0.3) is 15.9 Å². The van der Waals surface area contributed by atoms with Crippen molar-refractivity contribution in [1.29, 1.82) is 0 Å². The normalized spacial score (nSPS) is 10.9. The number of para-hydroxylation sites is 1. The molecular weight excluding hydrogens is 421 g/mol. The average Bonchev–Trinajstić information content (AvgIpc) is 2.72. The van der Waals surface area contributed by atoms with Gasteiger partial charge >= 0.3 is 0 Å². The number of nitrogens with one attached hydrogen (secondary N) is 3. The Labute approximate surface area is 179 Å². The van der Waals surface area contributed by atoms with Crippen LogP contribution in [0.15, 0.2) is 71.6 Å². The lowest BCUT2D eigenvalue weighted by Crippen LogP contribution is -2.17. The van der Waals surface area contributed by atoms with Gasteiger partial charge in [0.15, 0.2) is 0 Å². The third-order valence-corrected chi connectivity index (χ3v) is 5.69. The van der Waals surface area contributed by atoms with Crippen LogP contribution in [-0.2, 0) is 14.8 Å². The van der Waals surface area contributed by atoms with Gasteiger partial charge in [0.2, 0.25) is 5.91 Å². The van der Waals surface area contributed by atoms with Crippen molar-refractivity contribution < 1.29 is 22.4 Å². The number of sulfonamides is 1. The highest BCUT2D eigenvalue weighted by molar-refractivity contribution is 7.92. The SMILES string of the molecule is CC(=O)Nc1ccc(C)c(NC(=O)c2cccc(S(=O)(=O)Nc3ccccc3F)c2)c1. The van der Waals surface area contributed by atoms with Crippen LogP contribution in [0.3, 0.4) is 0 Å². The van der Waals surface area contributed by atoms with Crippen LogP contribution in [-0.4, -0.2) is 20.2 Å². The number of carbonyl (C=O) groups excluding carboxylic acids is 2. The van der Waals surface area contributed by atoms with E-state index in [9.17, 15) is 22.4 Å². The smallest absolute Gasteiger partial charge is 0.262 e. The fourth-order valence-electron chi connectivity index (χ4n) is 2.78. The van der Waals surface area contributed by atoms with Gasteiger partial charge in [-0.2, -0.15) is 0 Å². The number of hydrogen-bond acceptors (Lipinski definition) is 4. The van der Waals surface area contributed by atoms with Gasteiger partial charge in [-0.05, 0) is 55.0 Å². The van der Waals surface area contributed by atoms with Gasteiger partial charge < -0.3 is 10.6 Å². The summed E-state index contributed by atoms with van der Waals surface area (Å²) in [6, 6.07) is 15.8. The minimum atomic E-state index is -4.11. The predicted molar refractivity (Wildman–Crippen MR) is 117 cm³/mol. The summed E-state index contributed by atoms with van der Waals surface area (Å²) in [5.74, 6) is -1.50. The van der Waals surface area contributed by atoms with E-state index in [1.807, 2.05) is 0 Å². The second kappa shape index (κ2) is 8.97. The van der Waals surface area contributed by atoms with Crippen LogP contribution in [0.25, 0.3) is 0 Å². The van der Waals surface area contributed by atoms with Crippen molar-refractivity contribution in [2.75, 3.05) is 15.4 Å². The molecule has 0 aliphatic rings. The maximum absolute atomic E-state index is 13.8. The number of rotatable bonds is 6. The monoisotopic (exact) mass is 441 g/mol. The summed E-state index contributed by atoms with van der Waals surface area (Å²) >= 11 is 0. The molecule has 0 saturated heterocycles. The van der Waals surface area contributed by atoms with Crippen LogP contribution in [0.2, 0.25) is 0 Å². The molecule has 0 spiro atoms. The van der Waals surface area contributed by atoms with Crippen molar-refractivity contribution in [3.63, 3.8) is 0 Å². The zero-order valence-electron chi connectivity index (χ0n) is 16.8. The molecule has 0 saturated carbocycles. The lowest BCUT2D eigenvalue weighted by molar-refractivity contribution is -0.114. The summed E-state index contributed by atoms with van der Waals surface area (Å²) in [7, 11) is -4.11. The molecule has 31 heavy (non-hydrogen) atoms. The van der Waals surface area contributed by atoms with Crippen molar-refractivity contribution in [2.45, 2.75) is 18.7 Å². The third kappa shape index (κ3) is 5.46. The topological polar surface area (TPSA) is 104 Å². The number of carbonyl (C=O) groups is 2. The summed E-state index contributed by atoms with van der Waals surface area (Å²) < 4.78 is 41.3. The molecule has 3 aromatic rings. The van der Waals surface area contributed by atoms with Crippen molar-refractivity contribution in [1.82, 2.24) is 0 Å². The second-order valence-corrected chi connectivity index (χ2v) is 8.46. The quantitative estimate of drug-likeness (QED) is 0.535. The largest absolute Gasteiger partial charge is 0.326 e. The molecule has 0 atom stereocenters. The van der Waals surface area contributed by atoms with Gasteiger partial charge in [-0.3, -0.25) is 14.3 Å². The Morgan fingerprint density at radius 3 is 2.32 bits per heavy atom. The number of anilines is 3. The van der Waals surface area contributed by atoms with E-state index in [0.29, 0.717) is 11.4 Å². The minimum absolute atomic E-state index is 0.0979. The highest BCUT2D eigenvalue weighted by Gasteiger charge is 2.18. The maximum Gasteiger partial charge on any atom is 0.262 e. The van der Waals surface area contributed by atoms with E-state index in [0.717, 1.165) is 11.6 Å². The molecule has 7 nitrogen and oxygen atoms in total. The third-order valence-electron chi connectivity index (χ3n) is 4.33. The molecule has 3 N–H and O–H groups in total.